The van der Waals surface area contributed by atoms with E-state index in [1.807, 2.05) is 56.3 Å². The number of allylic oxidation sites excluding steroid dienone is 4. The third-order valence-electron chi connectivity index (χ3n) is 3.05. The minimum absolute atomic E-state index is 0.338. The molecule has 4 nitrogen and oxygen atoms in total. The number of hydrogen-bond donors (Lipinski definition) is 0. The van der Waals surface area contributed by atoms with Gasteiger partial charge in [-0.1, -0.05) is 30.4 Å². The number of nitrogens with zero attached hydrogens (tertiary/aromatic N) is 1. The lowest BCUT2D eigenvalue weighted by Gasteiger charge is -2.09. The molecule has 22 heavy (non-hydrogen) atoms. The zero-order valence-corrected chi connectivity index (χ0v) is 13.0. The molecule has 0 radical (unpaired) electrons. The van der Waals surface area contributed by atoms with Crippen LogP contribution in [0.4, 0.5) is 0 Å². The maximum absolute atomic E-state index is 5.67. The van der Waals surface area contributed by atoms with Gasteiger partial charge in [-0.2, -0.15) is 0 Å². The smallest absolute Gasteiger partial charge is 0.222 e. The molecule has 0 fully saturated rings. The lowest BCUT2D eigenvalue weighted by Crippen LogP contribution is -2.11. The van der Waals surface area contributed by atoms with Gasteiger partial charge in [-0.15, -0.1) is 0 Å². The maximum Gasteiger partial charge on any atom is 0.222 e. The summed E-state index contributed by atoms with van der Waals surface area (Å²) in [7, 11) is 0. The largest absolute Gasteiger partial charge is 0.484 e. The number of benzene rings is 1. The van der Waals surface area contributed by atoms with Crippen molar-refractivity contribution in [2.75, 3.05) is 19.8 Å². The molecule has 116 valence electrons. The van der Waals surface area contributed by atoms with Crippen LogP contribution < -0.4 is 9.47 Å². The second-order valence-electron chi connectivity index (χ2n) is 4.82. The molecule has 1 aromatic rings. The first-order valence-corrected chi connectivity index (χ1v) is 7.24. The van der Waals surface area contributed by atoms with Gasteiger partial charge >= 0.3 is 0 Å². The summed E-state index contributed by atoms with van der Waals surface area (Å²) in [5.41, 5.74) is 1.15. The molecule has 1 aromatic carbocycles. The van der Waals surface area contributed by atoms with Crippen LogP contribution in [-0.4, -0.2) is 25.7 Å². The van der Waals surface area contributed by atoms with Gasteiger partial charge in [0.15, 0.2) is 6.61 Å². The van der Waals surface area contributed by atoms with Gasteiger partial charge < -0.3 is 14.2 Å². The number of rotatable bonds is 7. The molecule has 0 amide bonds. The Labute approximate surface area is 131 Å². The lowest BCUT2D eigenvalue weighted by atomic mass is 10.2. The summed E-state index contributed by atoms with van der Waals surface area (Å²) in [4.78, 5) is 4.18. The Morgan fingerprint density at radius 2 is 2.18 bits per heavy atom. The SMILES string of the molecule is C=C(/C=C\C(C)=C/C)Oc1cccc(OCC2=NCCO2)c1. The van der Waals surface area contributed by atoms with E-state index < -0.39 is 0 Å². The predicted molar refractivity (Wildman–Crippen MR) is 88.5 cm³/mol. The van der Waals surface area contributed by atoms with Crippen LogP contribution in [0, 0.1) is 0 Å². The zero-order chi connectivity index (χ0) is 15.8. The average Bonchev–Trinajstić information content (AvgIpc) is 3.04. The van der Waals surface area contributed by atoms with Gasteiger partial charge in [0.05, 0.1) is 6.54 Å². The molecular formula is C18H21NO3. The predicted octanol–water partition coefficient (Wildman–Crippen LogP) is 3.91. The van der Waals surface area contributed by atoms with Gasteiger partial charge in [-0.05, 0) is 32.1 Å². The summed E-state index contributed by atoms with van der Waals surface area (Å²) in [6, 6.07) is 7.41. The van der Waals surface area contributed by atoms with Crippen molar-refractivity contribution in [2.24, 2.45) is 4.99 Å². The van der Waals surface area contributed by atoms with E-state index in [4.69, 9.17) is 14.2 Å². The molecule has 1 heterocycles. The number of ether oxygens (including phenoxy) is 3. The molecule has 0 unspecified atom stereocenters. The lowest BCUT2D eigenvalue weighted by molar-refractivity contribution is 0.292. The maximum atomic E-state index is 5.67. The van der Waals surface area contributed by atoms with Crippen molar-refractivity contribution in [2.45, 2.75) is 13.8 Å². The molecule has 0 saturated heterocycles. The number of hydrogen-bond acceptors (Lipinski definition) is 4. The number of aliphatic imine (C=N–C) groups is 1. The first-order chi connectivity index (χ1) is 10.7. The van der Waals surface area contributed by atoms with Gasteiger partial charge in [-0.3, -0.25) is 0 Å². The van der Waals surface area contributed by atoms with Crippen molar-refractivity contribution in [3.8, 4) is 11.5 Å². The Balaban J connectivity index is 1.90. The van der Waals surface area contributed by atoms with E-state index in [1.165, 1.54) is 0 Å². The third-order valence-corrected chi connectivity index (χ3v) is 3.05. The van der Waals surface area contributed by atoms with Crippen molar-refractivity contribution >= 4 is 5.90 Å². The van der Waals surface area contributed by atoms with E-state index in [9.17, 15) is 0 Å². The zero-order valence-electron chi connectivity index (χ0n) is 13.0. The topological polar surface area (TPSA) is 40.0 Å². The highest BCUT2D eigenvalue weighted by atomic mass is 16.5. The van der Waals surface area contributed by atoms with Gasteiger partial charge in [0.1, 0.15) is 23.9 Å². The van der Waals surface area contributed by atoms with E-state index in [0.29, 0.717) is 42.9 Å². The highest BCUT2D eigenvalue weighted by Gasteiger charge is 2.08. The van der Waals surface area contributed by atoms with Crippen molar-refractivity contribution in [3.63, 3.8) is 0 Å². The molecule has 0 N–H and O–H groups in total. The van der Waals surface area contributed by atoms with Crippen LogP contribution >= 0.6 is 0 Å². The molecular weight excluding hydrogens is 278 g/mol. The normalized spacial score (nSPS) is 14.6. The van der Waals surface area contributed by atoms with Crippen LogP contribution in [0.2, 0.25) is 0 Å². The summed E-state index contributed by atoms with van der Waals surface area (Å²) in [6.07, 6.45) is 5.81. The van der Waals surface area contributed by atoms with E-state index in [1.54, 1.807) is 0 Å². The summed E-state index contributed by atoms with van der Waals surface area (Å²) in [6.45, 7) is 9.57. The molecule has 1 aliphatic rings. The average molecular weight is 299 g/mol. The van der Waals surface area contributed by atoms with Crippen molar-refractivity contribution < 1.29 is 14.2 Å². The van der Waals surface area contributed by atoms with Gasteiger partial charge in [-0.25, -0.2) is 4.99 Å². The third kappa shape index (κ3) is 5.13. The van der Waals surface area contributed by atoms with Crippen molar-refractivity contribution in [1.82, 2.24) is 0 Å². The highest BCUT2D eigenvalue weighted by molar-refractivity contribution is 5.78. The van der Waals surface area contributed by atoms with Gasteiger partial charge in [0.2, 0.25) is 5.90 Å². The van der Waals surface area contributed by atoms with Crippen molar-refractivity contribution in [1.29, 1.82) is 0 Å². The first kappa shape index (κ1) is 15.9. The summed E-state index contributed by atoms with van der Waals surface area (Å²) < 4.78 is 16.6. The molecule has 1 aliphatic heterocycles. The molecule has 4 heteroatoms. The van der Waals surface area contributed by atoms with E-state index in [2.05, 4.69) is 11.6 Å². The molecule has 2 rings (SSSR count). The van der Waals surface area contributed by atoms with Crippen LogP contribution in [0.1, 0.15) is 13.8 Å². The monoisotopic (exact) mass is 299 g/mol. The van der Waals surface area contributed by atoms with E-state index in [0.717, 1.165) is 5.57 Å². The Hall–Kier alpha value is -2.49. The minimum atomic E-state index is 0.338. The second kappa shape index (κ2) is 8.08. The molecule has 0 aromatic heterocycles. The van der Waals surface area contributed by atoms with Crippen LogP contribution in [0.25, 0.3) is 0 Å². The Kier molecular flexibility index (Phi) is 5.83. The standard InChI is InChI=1S/C18H21NO3/c1-4-14(2)8-9-15(3)22-17-7-5-6-16(12-17)21-13-18-19-10-11-20-18/h4-9,12H,3,10-11,13H2,1-2H3/b9-8-,14-4-. The van der Waals surface area contributed by atoms with E-state index in [-0.39, 0.29) is 0 Å². The fourth-order valence-corrected chi connectivity index (χ4v) is 1.75. The fourth-order valence-electron chi connectivity index (χ4n) is 1.75. The molecule has 0 saturated carbocycles. The van der Waals surface area contributed by atoms with Crippen molar-refractivity contribution in [3.05, 3.63) is 60.4 Å². The Morgan fingerprint density at radius 3 is 2.91 bits per heavy atom. The quantitative estimate of drug-likeness (QED) is 0.566. The minimum Gasteiger partial charge on any atom is -0.484 e. The van der Waals surface area contributed by atoms with Crippen LogP contribution in [0.15, 0.2) is 65.4 Å². The first-order valence-electron chi connectivity index (χ1n) is 7.24. The molecule has 0 bridgehead atoms. The Morgan fingerprint density at radius 1 is 1.36 bits per heavy atom. The molecule has 0 aliphatic carbocycles. The van der Waals surface area contributed by atoms with Crippen LogP contribution in [-0.2, 0) is 4.74 Å². The van der Waals surface area contributed by atoms with Gasteiger partial charge in [0.25, 0.3) is 0 Å². The van der Waals surface area contributed by atoms with Gasteiger partial charge in [0, 0.05) is 6.07 Å². The van der Waals surface area contributed by atoms with Crippen LogP contribution in [0.3, 0.4) is 0 Å². The fraction of sp³-hybridized carbons (Fsp3) is 0.278. The molecule has 0 spiro atoms. The summed E-state index contributed by atoms with van der Waals surface area (Å²) in [5, 5.41) is 0. The second-order valence-corrected chi connectivity index (χ2v) is 4.82. The van der Waals surface area contributed by atoms with E-state index >= 15 is 0 Å². The Bertz CT molecular complexity index is 615. The molecule has 0 atom stereocenters. The highest BCUT2D eigenvalue weighted by Crippen LogP contribution is 2.21. The summed E-state index contributed by atoms with van der Waals surface area (Å²) in [5.74, 6) is 2.60. The summed E-state index contributed by atoms with van der Waals surface area (Å²) >= 11 is 0. The van der Waals surface area contributed by atoms with Crippen LogP contribution in [0.5, 0.6) is 11.5 Å².